The molecule has 0 fully saturated rings. The third kappa shape index (κ3) is 7.32. The minimum absolute atomic E-state index is 0.0364. The van der Waals surface area contributed by atoms with Crippen molar-refractivity contribution < 1.29 is 39.5 Å². The summed E-state index contributed by atoms with van der Waals surface area (Å²) in [6, 6.07) is 8.07. The van der Waals surface area contributed by atoms with E-state index >= 15 is 0 Å². The maximum atomic E-state index is 12.5. The standard InChI is InChI=1S/C26H26N4O8/c1-14(30-26(36)18(13-28)7-16-9-20(32)24(34)22(11-16)38-3)4-5-29-25(35)17(12-27)6-15-8-19(31)23(33)21(10-15)37-2/h6-11,14,31-34H,4-5H2,1-3H3,(H,29,35)(H,30,36)/b17-6+,18-7+. The van der Waals surface area contributed by atoms with E-state index in [9.17, 15) is 40.5 Å². The van der Waals surface area contributed by atoms with Crippen molar-refractivity contribution >= 4 is 24.0 Å². The van der Waals surface area contributed by atoms with Gasteiger partial charge in [0.2, 0.25) is 11.5 Å². The minimum Gasteiger partial charge on any atom is -0.504 e. The van der Waals surface area contributed by atoms with Crippen LogP contribution >= 0.6 is 0 Å². The maximum Gasteiger partial charge on any atom is 0.262 e. The summed E-state index contributed by atoms with van der Waals surface area (Å²) in [5.74, 6) is -3.38. The quantitative estimate of drug-likeness (QED) is 0.152. The Hall–Kier alpha value is -5.36. The summed E-state index contributed by atoms with van der Waals surface area (Å²) in [7, 11) is 2.57. The number of rotatable bonds is 10. The van der Waals surface area contributed by atoms with E-state index in [1.165, 1.54) is 38.5 Å². The third-order valence-electron chi connectivity index (χ3n) is 5.19. The third-order valence-corrected chi connectivity index (χ3v) is 5.19. The molecule has 1 atom stereocenters. The second-order valence-electron chi connectivity index (χ2n) is 7.94. The van der Waals surface area contributed by atoms with Crippen LogP contribution in [0, 0.1) is 22.7 Å². The van der Waals surface area contributed by atoms with Crippen molar-refractivity contribution in [3.05, 3.63) is 46.5 Å². The van der Waals surface area contributed by atoms with Crippen LogP contribution < -0.4 is 20.1 Å². The molecular formula is C26H26N4O8. The average molecular weight is 523 g/mol. The SMILES string of the molecule is COc1cc(/C=C(\C#N)C(=O)NCCC(C)NC(=O)/C(C#N)=C/c2cc(O)c(O)c(OC)c2)cc(O)c1O. The molecule has 0 aromatic heterocycles. The number of carbonyl (C=O) groups excluding carboxylic acids is 2. The summed E-state index contributed by atoms with van der Waals surface area (Å²) in [4.78, 5) is 24.9. The number of phenols is 4. The van der Waals surface area contributed by atoms with Gasteiger partial charge in [-0.3, -0.25) is 9.59 Å². The van der Waals surface area contributed by atoms with Gasteiger partial charge in [0.05, 0.1) is 14.2 Å². The fraction of sp³-hybridized carbons (Fsp3) is 0.231. The number of hydrogen-bond acceptors (Lipinski definition) is 10. The lowest BCUT2D eigenvalue weighted by atomic mass is 10.1. The Labute approximate surface area is 218 Å². The Bertz CT molecular complexity index is 1370. The van der Waals surface area contributed by atoms with Crippen LogP contribution in [-0.2, 0) is 9.59 Å². The highest BCUT2D eigenvalue weighted by Gasteiger charge is 2.16. The molecule has 0 aliphatic rings. The van der Waals surface area contributed by atoms with Gasteiger partial charge in [-0.15, -0.1) is 0 Å². The number of aromatic hydroxyl groups is 4. The molecule has 0 heterocycles. The van der Waals surface area contributed by atoms with Gasteiger partial charge in [0.1, 0.15) is 23.3 Å². The van der Waals surface area contributed by atoms with E-state index in [1.54, 1.807) is 19.1 Å². The lowest BCUT2D eigenvalue weighted by molar-refractivity contribution is -0.117. The van der Waals surface area contributed by atoms with Crippen molar-refractivity contribution in [1.29, 1.82) is 10.5 Å². The predicted molar refractivity (Wildman–Crippen MR) is 135 cm³/mol. The van der Waals surface area contributed by atoms with Gasteiger partial charge in [0.15, 0.2) is 23.0 Å². The number of nitriles is 2. The number of hydrogen-bond donors (Lipinski definition) is 6. The minimum atomic E-state index is -0.698. The van der Waals surface area contributed by atoms with Gasteiger partial charge >= 0.3 is 0 Å². The molecule has 2 aromatic carbocycles. The van der Waals surface area contributed by atoms with Gasteiger partial charge in [-0.1, -0.05) is 0 Å². The number of benzene rings is 2. The lowest BCUT2D eigenvalue weighted by Crippen LogP contribution is -2.36. The number of nitrogens with zero attached hydrogens (tertiary/aromatic N) is 2. The number of amides is 2. The second kappa shape index (κ2) is 13.1. The van der Waals surface area contributed by atoms with Gasteiger partial charge in [-0.25, -0.2) is 0 Å². The Morgan fingerprint density at radius 2 is 1.32 bits per heavy atom. The summed E-state index contributed by atoms with van der Waals surface area (Å²) in [6.07, 6.45) is 2.68. The molecule has 0 saturated heterocycles. The second-order valence-corrected chi connectivity index (χ2v) is 7.94. The van der Waals surface area contributed by atoms with Crippen LogP contribution in [0.3, 0.4) is 0 Å². The summed E-state index contributed by atoms with van der Waals surface area (Å²) in [6.45, 7) is 1.74. The molecule has 2 aromatic rings. The topological polar surface area (TPSA) is 205 Å². The summed E-state index contributed by atoms with van der Waals surface area (Å²) in [5.41, 5.74) is -0.0366. The number of phenolic OH excluding ortho intramolecular Hbond substituents is 4. The van der Waals surface area contributed by atoms with E-state index in [0.29, 0.717) is 0 Å². The number of methoxy groups -OCH3 is 2. The first-order valence-corrected chi connectivity index (χ1v) is 11.1. The van der Waals surface area contributed by atoms with E-state index in [-0.39, 0.29) is 46.7 Å². The van der Waals surface area contributed by atoms with Gasteiger partial charge < -0.3 is 40.5 Å². The van der Waals surface area contributed by atoms with Crippen LogP contribution in [0.4, 0.5) is 0 Å². The van der Waals surface area contributed by atoms with Crippen LogP contribution in [0.15, 0.2) is 35.4 Å². The van der Waals surface area contributed by atoms with Crippen LogP contribution in [0.25, 0.3) is 12.2 Å². The van der Waals surface area contributed by atoms with E-state index in [2.05, 4.69) is 10.6 Å². The Morgan fingerprint density at radius 1 is 0.868 bits per heavy atom. The molecule has 2 rings (SSSR count). The van der Waals surface area contributed by atoms with Crippen LogP contribution in [-0.4, -0.2) is 59.0 Å². The Balaban J connectivity index is 2.00. The number of ether oxygens (including phenoxy) is 2. The van der Waals surface area contributed by atoms with Gasteiger partial charge in [0.25, 0.3) is 11.8 Å². The van der Waals surface area contributed by atoms with Crippen molar-refractivity contribution in [3.63, 3.8) is 0 Å². The van der Waals surface area contributed by atoms with Gasteiger partial charge in [-0.2, -0.15) is 10.5 Å². The first kappa shape index (κ1) is 28.9. The molecule has 0 radical (unpaired) electrons. The van der Waals surface area contributed by atoms with Crippen LogP contribution in [0.2, 0.25) is 0 Å². The van der Waals surface area contributed by atoms with Gasteiger partial charge in [0, 0.05) is 12.6 Å². The smallest absolute Gasteiger partial charge is 0.262 e. The largest absolute Gasteiger partial charge is 0.504 e. The fourth-order valence-corrected chi connectivity index (χ4v) is 3.21. The van der Waals surface area contributed by atoms with E-state index < -0.39 is 40.9 Å². The predicted octanol–water partition coefficient (Wildman–Crippen LogP) is 2.05. The number of nitrogens with one attached hydrogen (secondary N) is 2. The lowest BCUT2D eigenvalue weighted by Gasteiger charge is -2.14. The summed E-state index contributed by atoms with van der Waals surface area (Å²) >= 11 is 0. The Kier molecular flexibility index (Phi) is 9.94. The van der Waals surface area contributed by atoms with Crippen molar-refractivity contribution in [2.45, 2.75) is 19.4 Å². The zero-order valence-electron chi connectivity index (χ0n) is 20.8. The van der Waals surface area contributed by atoms with Gasteiger partial charge in [-0.05, 0) is 60.9 Å². The molecule has 12 nitrogen and oxygen atoms in total. The molecule has 38 heavy (non-hydrogen) atoms. The summed E-state index contributed by atoms with van der Waals surface area (Å²) in [5, 5.41) is 62.9. The monoisotopic (exact) mass is 522 g/mol. The highest BCUT2D eigenvalue weighted by molar-refractivity contribution is 6.02. The zero-order valence-corrected chi connectivity index (χ0v) is 20.8. The average Bonchev–Trinajstić information content (AvgIpc) is 2.89. The molecule has 0 spiro atoms. The van der Waals surface area contributed by atoms with Crippen molar-refractivity contribution in [1.82, 2.24) is 10.6 Å². The molecule has 1 unspecified atom stereocenters. The highest BCUT2D eigenvalue weighted by Crippen LogP contribution is 2.37. The molecule has 0 aliphatic heterocycles. The molecule has 198 valence electrons. The fourth-order valence-electron chi connectivity index (χ4n) is 3.21. The molecule has 6 N–H and O–H groups in total. The first-order chi connectivity index (χ1) is 18.0. The van der Waals surface area contributed by atoms with E-state index in [4.69, 9.17) is 9.47 Å². The molecular weight excluding hydrogens is 496 g/mol. The molecule has 0 bridgehead atoms. The van der Waals surface area contributed by atoms with Crippen molar-refractivity contribution in [2.24, 2.45) is 0 Å². The highest BCUT2D eigenvalue weighted by atomic mass is 16.5. The van der Waals surface area contributed by atoms with Crippen molar-refractivity contribution in [2.75, 3.05) is 20.8 Å². The molecule has 2 amide bonds. The van der Waals surface area contributed by atoms with Crippen molar-refractivity contribution in [3.8, 4) is 46.6 Å². The Morgan fingerprint density at radius 3 is 1.74 bits per heavy atom. The van der Waals surface area contributed by atoms with Crippen LogP contribution in [0.1, 0.15) is 24.5 Å². The maximum absolute atomic E-state index is 12.5. The summed E-state index contributed by atoms with van der Waals surface area (Å²) < 4.78 is 9.88. The van der Waals surface area contributed by atoms with E-state index in [0.717, 1.165) is 12.1 Å². The van der Waals surface area contributed by atoms with E-state index in [1.807, 2.05) is 0 Å². The zero-order chi connectivity index (χ0) is 28.4. The molecule has 0 saturated carbocycles. The van der Waals surface area contributed by atoms with Crippen LogP contribution in [0.5, 0.6) is 34.5 Å². The number of carbonyl (C=O) groups is 2. The molecule has 12 heteroatoms. The first-order valence-electron chi connectivity index (χ1n) is 11.1. The molecule has 0 aliphatic carbocycles. The normalized spacial score (nSPS) is 12.0.